The van der Waals surface area contributed by atoms with Crippen molar-refractivity contribution in [2.45, 2.75) is 30.6 Å². The van der Waals surface area contributed by atoms with Gasteiger partial charge in [-0.3, -0.25) is 4.90 Å². The Morgan fingerprint density at radius 2 is 1.93 bits per heavy atom. The largest absolute Gasteiger partial charge is 0.288 e. The smallest absolute Gasteiger partial charge is 0.104 e. The van der Waals surface area contributed by atoms with E-state index in [1.165, 1.54) is 0 Å². The van der Waals surface area contributed by atoms with Crippen LogP contribution in [0.25, 0.3) is 0 Å². The summed E-state index contributed by atoms with van der Waals surface area (Å²) < 4.78 is -0.203. The molecule has 0 spiro atoms. The molecule has 14 heavy (non-hydrogen) atoms. The van der Waals surface area contributed by atoms with Crippen LogP contribution in [0, 0.1) is 22.7 Å². The van der Waals surface area contributed by atoms with Crippen molar-refractivity contribution in [3.05, 3.63) is 0 Å². The number of hydrogen-bond donors (Lipinski definition) is 0. The van der Waals surface area contributed by atoms with Gasteiger partial charge >= 0.3 is 0 Å². The Morgan fingerprint density at radius 3 is 2.29 bits per heavy atom. The van der Waals surface area contributed by atoms with E-state index in [9.17, 15) is 0 Å². The maximum atomic E-state index is 9.07. The van der Waals surface area contributed by atoms with Gasteiger partial charge in [-0.25, -0.2) is 0 Å². The molecule has 3 nitrogen and oxygen atoms in total. The Bertz CT molecular complexity index is 268. The average molecular weight is 209 g/mol. The van der Waals surface area contributed by atoms with Gasteiger partial charge in [-0.15, -0.1) is 11.8 Å². The first-order valence-electron chi connectivity index (χ1n) is 4.77. The summed E-state index contributed by atoms with van der Waals surface area (Å²) in [4.78, 5) is 2.14. The third kappa shape index (κ3) is 2.20. The zero-order valence-corrected chi connectivity index (χ0v) is 9.47. The molecule has 1 unspecified atom stereocenters. The Hall–Kier alpha value is -0.710. The number of nitrogens with zero attached hydrogens (tertiary/aromatic N) is 3. The highest BCUT2D eigenvalue weighted by Crippen LogP contribution is 2.34. The minimum atomic E-state index is -0.203. The lowest BCUT2D eigenvalue weighted by Crippen LogP contribution is -2.44. The van der Waals surface area contributed by atoms with Crippen molar-refractivity contribution in [1.29, 1.82) is 10.5 Å². The quantitative estimate of drug-likeness (QED) is 0.693. The molecule has 1 saturated heterocycles. The van der Waals surface area contributed by atoms with Gasteiger partial charge in [-0.05, 0) is 26.0 Å². The van der Waals surface area contributed by atoms with Crippen LogP contribution in [0.3, 0.4) is 0 Å². The highest BCUT2D eigenvalue weighted by Gasteiger charge is 2.34. The van der Waals surface area contributed by atoms with Gasteiger partial charge in [0.25, 0.3) is 0 Å². The number of piperidine rings is 1. The monoisotopic (exact) mass is 209 g/mol. The summed E-state index contributed by atoms with van der Waals surface area (Å²) in [6, 6.07) is 4.61. The Labute approximate surface area is 89.7 Å². The van der Waals surface area contributed by atoms with Crippen LogP contribution < -0.4 is 0 Å². The summed E-state index contributed by atoms with van der Waals surface area (Å²) in [5.41, 5.74) is 0. The minimum Gasteiger partial charge on any atom is -0.288 e. The van der Waals surface area contributed by atoms with Crippen LogP contribution in [0.1, 0.15) is 19.8 Å². The van der Waals surface area contributed by atoms with E-state index in [4.69, 9.17) is 10.5 Å². The van der Waals surface area contributed by atoms with Gasteiger partial charge in [0.05, 0.1) is 18.2 Å². The van der Waals surface area contributed by atoms with Gasteiger partial charge in [0.1, 0.15) is 4.75 Å². The summed E-state index contributed by atoms with van der Waals surface area (Å²) >= 11 is 1.64. The predicted octanol–water partition coefficient (Wildman–Crippen LogP) is 1.62. The Morgan fingerprint density at radius 1 is 1.36 bits per heavy atom. The summed E-state index contributed by atoms with van der Waals surface area (Å²) in [5.74, 6) is 0. The number of likely N-dealkylation sites (tertiary alicyclic amines) is 1. The van der Waals surface area contributed by atoms with E-state index >= 15 is 0 Å². The third-order valence-electron chi connectivity index (χ3n) is 2.93. The maximum Gasteiger partial charge on any atom is 0.104 e. The zero-order valence-electron chi connectivity index (χ0n) is 8.66. The van der Waals surface area contributed by atoms with Crippen molar-refractivity contribution in [1.82, 2.24) is 4.90 Å². The minimum absolute atomic E-state index is 0.0199. The SMILES string of the molecule is CSC1(C#N)CCN(C(C)C#N)CC1. The molecular weight excluding hydrogens is 194 g/mol. The lowest BCUT2D eigenvalue weighted by Gasteiger charge is -2.37. The second-order valence-corrected chi connectivity index (χ2v) is 4.84. The molecule has 1 aliphatic heterocycles. The van der Waals surface area contributed by atoms with Crippen LogP contribution >= 0.6 is 11.8 Å². The standard InChI is InChI=1S/C10H15N3S/c1-9(7-11)13-5-3-10(8-12,14-2)4-6-13/h9H,3-6H2,1-2H3. The predicted molar refractivity (Wildman–Crippen MR) is 57.7 cm³/mol. The van der Waals surface area contributed by atoms with Gasteiger partial charge in [-0.2, -0.15) is 10.5 Å². The molecule has 0 radical (unpaired) electrons. The molecule has 76 valence electrons. The fourth-order valence-electron chi connectivity index (χ4n) is 1.72. The molecule has 4 heteroatoms. The normalized spacial score (nSPS) is 23.4. The summed E-state index contributed by atoms with van der Waals surface area (Å²) in [6.07, 6.45) is 3.74. The second-order valence-electron chi connectivity index (χ2n) is 3.65. The molecule has 1 heterocycles. The summed E-state index contributed by atoms with van der Waals surface area (Å²) in [5, 5.41) is 17.8. The van der Waals surface area contributed by atoms with Crippen molar-refractivity contribution in [3.63, 3.8) is 0 Å². The van der Waals surface area contributed by atoms with E-state index in [0.717, 1.165) is 25.9 Å². The molecule has 0 bridgehead atoms. The zero-order chi connectivity index (χ0) is 10.6. The first kappa shape index (κ1) is 11.4. The molecule has 1 atom stereocenters. The molecule has 1 rings (SSSR count). The number of hydrogen-bond acceptors (Lipinski definition) is 4. The fourth-order valence-corrected chi connectivity index (χ4v) is 2.40. The Balaban J connectivity index is 2.55. The van der Waals surface area contributed by atoms with Crippen LogP contribution in [-0.2, 0) is 0 Å². The van der Waals surface area contributed by atoms with E-state index < -0.39 is 0 Å². The third-order valence-corrected chi connectivity index (χ3v) is 4.22. The molecule has 0 amide bonds. The number of thioether (sulfide) groups is 1. The molecular formula is C10H15N3S. The number of rotatable bonds is 2. The van der Waals surface area contributed by atoms with Crippen molar-refractivity contribution in [2.24, 2.45) is 0 Å². The van der Waals surface area contributed by atoms with Crippen LogP contribution in [0.15, 0.2) is 0 Å². The molecule has 0 aromatic rings. The van der Waals surface area contributed by atoms with E-state index in [1.54, 1.807) is 11.8 Å². The van der Waals surface area contributed by atoms with Crippen molar-refractivity contribution in [3.8, 4) is 12.1 Å². The van der Waals surface area contributed by atoms with E-state index in [0.29, 0.717) is 0 Å². The van der Waals surface area contributed by atoms with Gasteiger partial charge in [-0.1, -0.05) is 0 Å². The van der Waals surface area contributed by atoms with Crippen molar-refractivity contribution < 1.29 is 0 Å². The fraction of sp³-hybridized carbons (Fsp3) is 0.800. The summed E-state index contributed by atoms with van der Waals surface area (Å²) in [6.45, 7) is 3.64. The first-order chi connectivity index (χ1) is 6.67. The highest BCUT2D eigenvalue weighted by molar-refractivity contribution is 8.00. The topological polar surface area (TPSA) is 50.8 Å². The molecule has 0 aliphatic carbocycles. The molecule has 1 fully saturated rings. The van der Waals surface area contributed by atoms with E-state index in [1.807, 2.05) is 13.2 Å². The molecule has 0 aromatic carbocycles. The van der Waals surface area contributed by atoms with Crippen molar-refractivity contribution in [2.75, 3.05) is 19.3 Å². The second kappa shape index (κ2) is 4.68. The van der Waals surface area contributed by atoms with E-state index in [2.05, 4.69) is 17.0 Å². The molecule has 0 N–H and O–H groups in total. The van der Waals surface area contributed by atoms with Gasteiger partial charge in [0, 0.05) is 13.1 Å². The summed E-state index contributed by atoms with van der Waals surface area (Å²) in [7, 11) is 0. The van der Waals surface area contributed by atoms with Crippen LogP contribution in [0.4, 0.5) is 0 Å². The molecule has 0 saturated carbocycles. The lowest BCUT2D eigenvalue weighted by molar-refractivity contribution is 0.194. The van der Waals surface area contributed by atoms with Gasteiger partial charge in [0.15, 0.2) is 0 Å². The molecule has 1 aliphatic rings. The highest BCUT2D eigenvalue weighted by atomic mass is 32.2. The first-order valence-corrected chi connectivity index (χ1v) is 6.00. The Kier molecular flexibility index (Phi) is 3.80. The van der Waals surface area contributed by atoms with Crippen LogP contribution in [-0.4, -0.2) is 35.0 Å². The maximum absolute atomic E-state index is 9.07. The van der Waals surface area contributed by atoms with Gasteiger partial charge in [0.2, 0.25) is 0 Å². The molecule has 0 aromatic heterocycles. The van der Waals surface area contributed by atoms with Gasteiger partial charge < -0.3 is 0 Å². The average Bonchev–Trinajstić information content (AvgIpc) is 2.28. The number of nitriles is 2. The lowest BCUT2D eigenvalue weighted by atomic mass is 9.96. The van der Waals surface area contributed by atoms with E-state index in [-0.39, 0.29) is 10.8 Å². The van der Waals surface area contributed by atoms with Crippen LogP contribution in [0.2, 0.25) is 0 Å². The van der Waals surface area contributed by atoms with Crippen LogP contribution in [0.5, 0.6) is 0 Å². The van der Waals surface area contributed by atoms with Crippen molar-refractivity contribution >= 4 is 11.8 Å².